The molecule has 1 aliphatic rings. The lowest BCUT2D eigenvalue weighted by Gasteiger charge is -2.33. The normalized spacial score (nSPS) is 24.3. The summed E-state index contributed by atoms with van der Waals surface area (Å²) >= 11 is 0. The van der Waals surface area contributed by atoms with E-state index in [2.05, 4.69) is 6.58 Å². The Morgan fingerprint density at radius 2 is 1.67 bits per heavy atom. The highest BCUT2D eigenvalue weighted by Gasteiger charge is 2.35. The second-order valence-electron chi connectivity index (χ2n) is 8.09. The summed E-state index contributed by atoms with van der Waals surface area (Å²) in [6.45, 7) is 14.5. The zero-order chi connectivity index (χ0) is 18.5. The van der Waals surface area contributed by atoms with Gasteiger partial charge in [0.25, 0.3) is 0 Å². The molecule has 1 rings (SSSR count). The SMILES string of the molecule is C=CCC1C=C[C@H](OC(=O)C(C)(C)C)[C@@H](COC(=O)C(C)(C)C)O1. The fraction of sp³-hybridized carbons (Fsp3) is 0.684. The summed E-state index contributed by atoms with van der Waals surface area (Å²) in [4.78, 5) is 24.1. The number of hydrogen-bond acceptors (Lipinski definition) is 5. The van der Waals surface area contributed by atoms with E-state index in [4.69, 9.17) is 14.2 Å². The van der Waals surface area contributed by atoms with Crippen LogP contribution in [0.15, 0.2) is 24.8 Å². The van der Waals surface area contributed by atoms with Crippen LogP contribution >= 0.6 is 0 Å². The molecule has 1 aliphatic heterocycles. The van der Waals surface area contributed by atoms with Gasteiger partial charge < -0.3 is 14.2 Å². The van der Waals surface area contributed by atoms with Crippen molar-refractivity contribution in [3.8, 4) is 0 Å². The molecule has 0 fully saturated rings. The number of rotatable bonds is 5. The molecule has 0 amide bonds. The van der Waals surface area contributed by atoms with Crippen molar-refractivity contribution in [1.29, 1.82) is 0 Å². The van der Waals surface area contributed by atoms with Crippen LogP contribution in [0.5, 0.6) is 0 Å². The second-order valence-corrected chi connectivity index (χ2v) is 8.09. The fourth-order valence-electron chi connectivity index (χ4n) is 1.93. The predicted molar refractivity (Wildman–Crippen MR) is 92.4 cm³/mol. The maximum atomic E-state index is 12.1. The van der Waals surface area contributed by atoms with Crippen molar-refractivity contribution in [2.45, 2.75) is 66.3 Å². The lowest BCUT2D eigenvalue weighted by Crippen LogP contribution is -2.43. The Hall–Kier alpha value is -1.62. The number of esters is 2. The molecule has 1 heterocycles. The largest absolute Gasteiger partial charge is 0.462 e. The molecule has 0 aromatic carbocycles. The maximum absolute atomic E-state index is 12.1. The second kappa shape index (κ2) is 7.97. The molecule has 24 heavy (non-hydrogen) atoms. The number of hydrogen-bond donors (Lipinski definition) is 0. The summed E-state index contributed by atoms with van der Waals surface area (Å²) in [5.41, 5.74) is -1.21. The van der Waals surface area contributed by atoms with Crippen LogP contribution in [-0.2, 0) is 23.8 Å². The molecule has 0 bridgehead atoms. The van der Waals surface area contributed by atoms with Crippen LogP contribution in [0.2, 0.25) is 0 Å². The number of ether oxygens (including phenoxy) is 3. The topological polar surface area (TPSA) is 61.8 Å². The molecule has 0 saturated carbocycles. The number of carbonyl (C=O) groups excluding carboxylic acids is 2. The van der Waals surface area contributed by atoms with Crippen molar-refractivity contribution >= 4 is 11.9 Å². The van der Waals surface area contributed by atoms with Gasteiger partial charge in [-0.15, -0.1) is 6.58 Å². The molecule has 1 unspecified atom stereocenters. The molecule has 0 aromatic heterocycles. The van der Waals surface area contributed by atoms with E-state index in [9.17, 15) is 9.59 Å². The minimum Gasteiger partial charge on any atom is -0.462 e. The Kier molecular flexibility index (Phi) is 6.78. The van der Waals surface area contributed by atoms with Gasteiger partial charge in [-0.1, -0.05) is 12.2 Å². The zero-order valence-electron chi connectivity index (χ0n) is 15.6. The van der Waals surface area contributed by atoms with Crippen molar-refractivity contribution in [3.63, 3.8) is 0 Å². The molecular formula is C19H30O5. The van der Waals surface area contributed by atoms with Crippen molar-refractivity contribution in [2.24, 2.45) is 10.8 Å². The molecule has 0 radical (unpaired) electrons. The highest BCUT2D eigenvalue weighted by molar-refractivity contribution is 5.76. The van der Waals surface area contributed by atoms with Gasteiger partial charge in [0.2, 0.25) is 0 Å². The van der Waals surface area contributed by atoms with Crippen molar-refractivity contribution < 1.29 is 23.8 Å². The highest BCUT2D eigenvalue weighted by Crippen LogP contribution is 2.24. The van der Waals surface area contributed by atoms with E-state index in [0.717, 1.165) is 0 Å². The zero-order valence-corrected chi connectivity index (χ0v) is 15.6. The highest BCUT2D eigenvalue weighted by atomic mass is 16.6. The van der Waals surface area contributed by atoms with Gasteiger partial charge in [-0.25, -0.2) is 0 Å². The van der Waals surface area contributed by atoms with E-state index in [-0.39, 0.29) is 24.6 Å². The Labute approximate surface area is 145 Å². The minimum atomic E-state index is -0.613. The van der Waals surface area contributed by atoms with Crippen LogP contribution in [0.3, 0.4) is 0 Å². The smallest absolute Gasteiger partial charge is 0.311 e. The van der Waals surface area contributed by atoms with Crippen LogP contribution in [0.4, 0.5) is 0 Å². The molecule has 0 saturated heterocycles. The van der Waals surface area contributed by atoms with Crippen LogP contribution < -0.4 is 0 Å². The predicted octanol–water partition coefficient (Wildman–Crippen LogP) is 3.43. The van der Waals surface area contributed by atoms with Crippen LogP contribution in [0, 0.1) is 10.8 Å². The van der Waals surface area contributed by atoms with Gasteiger partial charge in [0.1, 0.15) is 18.8 Å². The van der Waals surface area contributed by atoms with Gasteiger partial charge in [0, 0.05) is 0 Å². The van der Waals surface area contributed by atoms with Gasteiger partial charge >= 0.3 is 11.9 Å². The summed E-state index contributed by atoms with van der Waals surface area (Å²) in [5.74, 6) is -0.642. The summed E-state index contributed by atoms with van der Waals surface area (Å²) < 4.78 is 16.8. The van der Waals surface area contributed by atoms with E-state index in [1.54, 1.807) is 53.7 Å². The fourth-order valence-corrected chi connectivity index (χ4v) is 1.93. The van der Waals surface area contributed by atoms with E-state index in [1.807, 2.05) is 6.08 Å². The third-order valence-electron chi connectivity index (χ3n) is 3.48. The van der Waals surface area contributed by atoms with Crippen molar-refractivity contribution in [2.75, 3.05) is 6.61 Å². The average molecular weight is 338 g/mol. The van der Waals surface area contributed by atoms with Crippen LogP contribution in [0.25, 0.3) is 0 Å². The third-order valence-corrected chi connectivity index (χ3v) is 3.48. The van der Waals surface area contributed by atoms with E-state index in [1.165, 1.54) is 0 Å². The Balaban J connectivity index is 2.80. The Bertz CT molecular complexity index is 493. The van der Waals surface area contributed by atoms with E-state index >= 15 is 0 Å². The van der Waals surface area contributed by atoms with Gasteiger partial charge in [0.05, 0.1) is 16.9 Å². The molecule has 136 valence electrons. The molecule has 0 aliphatic carbocycles. The lowest BCUT2D eigenvalue weighted by molar-refractivity contribution is -0.174. The minimum absolute atomic E-state index is 0.0379. The first-order chi connectivity index (χ1) is 10.9. The van der Waals surface area contributed by atoms with Gasteiger partial charge in [-0.05, 0) is 54.0 Å². The van der Waals surface area contributed by atoms with Crippen LogP contribution in [-0.4, -0.2) is 36.9 Å². The molecule has 0 aromatic rings. The number of carbonyl (C=O) groups is 2. The first kappa shape index (κ1) is 20.4. The van der Waals surface area contributed by atoms with Gasteiger partial charge in [-0.2, -0.15) is 0 Å². The molecular weight excluding hydrogens is 308 g/mol. The van der Waals surface area contributed by atoms with Crippen molar-refractivity contribution in [3.05, 3.63) is 24.8 Å². The quantitative estimate of drug-likeness (QED) is 0.568. The van der Waals surface area contributed by atoms with Crippen molar-refractivity contribution in [1.82, 2.24) is 0 Å². The monoisotopic (exact) mass is 338 g/mol. The lowest BCUT2D eigenvalue weighted by atomic mass is 9.97. The van der Waals surface area contributed by atoms with Crippen LogP contribution in [0.1, 0.15) is 48.0 Å². The summed E-state index contributed by atoms with van der Waals surface area (Å²) in [6.07, 6.45) is 4.78. The summed E-state index contributed by atoms with van der Waals surface area (Å²) in [5, 5.41) is 0. The molecule has 5 nitrogen and oxygen atoms in total. The summed E-state index contributed by atoms with van der Waals surface area (Å²) in [7, 11) is 0. The molecule has 3 atom stereocenters. The Morgan fingerprint density at radius 1 is 1.08 bits per heavy atom. The molecule has 5 heteroatoms. The Morgan fingerprint density at radius 3 is 2.17 bits per heavy atom. The first-order valence-corrected chi connectivity index (χ1v) is 8.28. The molecule has 0 N–H and O–H groups in total. The van der Waals surface area contributed by atoms with Gasteiger partial charge in [-0.3, -0.25) is 9.59 Å². The average Bonchev–Trinajstić information content (AvgIpc) is 2.45. The maximum Gasteiger partial charge on any atom is 0.311 e. The van der Waals surface area contributed by atoms with E-state index in [0.29, 0.717) is 6.42 Å². The van der Waals surface area contributed by atoms with Gasteiger partial charge in [0.15, 0.2) is 0 Å². The third kappa shape index (κ3) is 6.11. The first-order valence-electron chi connectivity index (χ1n) is 8.28. The van der Waals surface area contributed by atoms with E-state index < -0.39 is 23.0 Å². The summed E-state index contributed by atoms with van der Waals surface area (Å²) in [6, 6.07) is 0. The molecule has 0 spiro atoms. The standard InChI is InChI=1S/C19H30O5/c1-8-9-13-10-11-14(24-17(21)19(5,6)7)15(23-13)12-22-16(20)18(2,3)4/h8,10-11,13-15H,1,9,12H2,2-7H3/t13?,14-,15+/m0/s1.